The third kappa shape index (κ3) is 3.06. The SMILES string of the molecule is Cc1ccc(NC(=O)[C@@H]2Nc3ccccc3S(=O)(=O)N2)c(C)c1. The Morgan fingerprint density at radius 3 is 2.61 bits per heavy atom. The van der Waals surface area contributed by atoms with E-state index in [0.717, 1.165) is 11.1 Å². The molecule has 2 aromatic carbocycles. The molecule has 7 heteroatoms. The smallest absolute Gasteiger partial charge is 0.262 e. The molecule has 1 heterocycles. The maximum atomic E-state index is 12.4. The molecule has 0 spiro atoms. The van der Waals surface area contributed by atoms with Gasteiger partial charge in [0.1, 0.15) is 4.90 Å². The molecule has 6 nitrogen and oxygen atoms in total. The summed E-state index contributed by atoms with van der Waals surface area (Å²) >= 11 is 0. The minimum Gasteiger partial charge on any atom is -0.360 e. The van der Waals surface area contributed by atoms with Gasteiger partial charge in [0.2, 0.25) is 10.0 Å². The quantitative estimate of drug-likeness (QED) is 0.785. The minimum absolute atomic E-state index is 0.135. The van der Waals surface area contributed by atoms with Crippen molar-refractivity contribution in [1.82, 2.24) is 4.72 Å². The van der Waals surface area contributed by atoms with Crippen LogP contribution in [0.4, 0.5) is 11.4 Å². The monoisotopic (exact) mass is 331 g/mol. The van der Waals surface area contributed by atoms with Crippen molar-refractivity contribution in [2.45, 2.75) is 24.9 Å². The van der Waals surface area contributed by atoms with Crippen LogP contribution in [0.3, 0.4) is 0 Å². The maximum absolute atomic E-state index is 12.4. The number of benzene rings is 2. The van der Waals surface area contributed by atoms with E-state index in [1.54, 1.807) is 24.3 Å². The van der Waals surface area contributed by atoms with Gasteiger partial charge in [-0.25, -0.2) is 8.42 Å². The first-order valence-corrected chi connectivity index (χ1v) is 8.61. The largest absolute Gasteiger partial charge is 0.360 e. The molecule has 1 aliphatic heterocycles. The zero-order chi connectivity index (χ0) is 16.6. The average Bonchev–Trinajstić information content (AvgIpc) is 2.49. The van der Waals surface area contributed by atoms with E-state index in [2.05, 4.69) is 15.4 Å². The van der Waals surface area contributed by atoms with Crippen LogP contribution in [-0.4, -0.2) is 20.5 Å². The van der Waals surface area contributed by atoms with Gasteiger partial charge in [-0.15, -0.1) is 0 Å². The van der Waals surface area contributed by atoms with Crippen molar-refractivity contribution in [3.8, 4) is 0 Å². The molecule has 3 rings (SSSR count). The third-order valence-corrected chi connectivity index (χ3v) is 5.13. The highest BCUT2D eigenvalue weighted by Crippen LogP contribution is 2.25. The van der Waals surface area contributed by atoms with Crippen molar-refractivity contribution in [3.63, 3.8) is 0 Å². The molecule has 1 atom stereocenters. The predicted molar refractivity (Wildman–Crippen MR) is 88.7 cm³/mol. The Balaban J connectivity index is 1.84. The van der Waals surface area contributed by atoms with Gasteiger partial charge in [-0.05, 0) is 37.6 Å². The van der Waals surface area contributed by atoms with Crippen LogP contribution < -0.4 is 15.4 Å². The van der Waals surface area contributed by atoms with Crippen LogP contribution in [0.2, 0.25) is 0 Å². The van der Waals surface area contributed by atoms with Crippen molar-refractivity contribution >= 4 is 27.3 Å². The average molecular weight is 331 g/mol. The summed E-state index contributed by atoms with van der Waals surface area (Å²) in [5.41, 5.74) is 3.07. The maximum Gasteiger partial charge on any atom is 0.262 e. The van der Waals surface area contributed by atoms with Crippen LogP contribution in [0, 0.1) is 13.8 Å². The summed E-state index contributed by atoms with van der Waals surface area (Å²) in [6, 6.07) is 12.1. The van der Waals surface area contributed by atoms with Gasteiger partial charge in [0.05, 0.1) is 5.69 Å². The highest BCUT2D eigenvalue weighted by atomic mass is 32.2. The van der Waals surface area contributed by atoms with Crippen LogP contribution in [0.1, 0.15) is 11.1 Å². The van der Waals surface area contributed by atoms with Gasteiger partial charge >= 0.3 is 0 Å². The molecule has 0 aliphatic carbocycles. The molecule has 0 unspecified atom stereocenters. The Bertz CT molecular complexity index is 878. The molecule has 0 saturated heterocycles. The zero-order valence-electron chi connectivity index (χ0n) is 12.8. The van der Waals surface area contributed by atoms with Crippen LogP contribution in [0.5, 0.6) is 0 Å². The molecule has 3 N–H and O–H groups in total. The molecule has 0 radical (unpaired) electrons. The second kappa shape index (κ2) is 5.68. The van der Waals surface area contributed by atoms with Gasteiger partial charge in [-0.3, -0.25) is 4.79 Å². The van der Waals surface area contributed by atoms with E-state index in [-0.39, 0.29) is 4.90 Å². The van der Waals surface area contributed by atoms with Crippen molar-refractivity contribution in [3.05, 3.63) is 53.6 Å². The van der Waals surface area contributed by atoms with Crippen molar-refractivity contribution in [2.24, 2.45) is 0 Å². The molecule has 0 aromatic heterocycles. The lowest BCUT2D eigenvalue weighted by Crippen LogP contribution is -2.51. The second-order valence-corrected chi connectivity index (χ2v) is 7.18. The number of aryl methyl sites for hydroxylation is 2. The summed E-state index contributed by atoms with van der Waals surface area (Å²) in [4.78, 5) is 12.5. The number of hydrogen-bond donors (Lipinski definition) is 3. The zero-order valence-corrected chi connectivity index (χ0v) is 13.6. The van der Waals surface area contributed by atoms with E-state index in [1.807, 2.05) is 26.0 Å². The van der Waals surface area contributed by atoms with E-state index in [4.69, 9.17) is 0 Å². The first kappa shape index (κ1) is 15.5. The van der Waals surface area contributed by atoms with Crippen LogP contribution in [0.15, 0.2) is 47.4 Å². The van der Waals surface area contributed by atoms with E-state index >= 15 is 0 Å². The van der Waals surface area contributed by atoms with Crippen molar-refractivity contribution in [1.29, 1.82) is 0 Å². The fourth-order valence-corrected chi connectivity index (χ4v) is 3.78. The van der Waals surface area contributed by atoms with Crippen molar-refractivity contribution in [2.75, 3.05) is 10.6 Å². The molecule has 120 valence electrons. The lowest BCUT2D eigenvalue weighted by molar-refractivity contribution is -0.117. The normalized spacial score (nSPS) is 18.6. The topological polar surface area (TPSA) is 87.3 Å². The standard InChI is InChI=1S/C16H17N3O3S/c1-10-7-8-12(11(2)9-10)18-16(20)15-17-13-5-3-4-6-14(13)23(21,22)19-15/h3-9,15,17,19H,1-2H3,(H,18,20)/t15-/m1/s1. The molecular formula is C16H17N3O3S. The van der Waals surface area contributed by atoms with E-state index in [1.165, 1.54) is 6.07 Å². The summed E-state index contributed by atoms with van der Waals surface area (Å²) in [6.07, 6.45) is -1.06. The number of para-hydroxylation sites is 1. The first-order valence-electron chi connectivity index (χ1n) is 7.13. The first-order chi connectivity index (χ1) is 10.9. The number of sulfonamides is 1. The van der Waals surface area contributed by atoms with Gasteiger partial charge in [0.15, 0.2) is 6.17 Å². The molecule has 0 saturated carbocycles. The number of hydrogen-bond acceptors (Lipinski definition) is 4. The molecule has 0 bridgehead atoms. The number of rotatable bonds is 2. The predicted octanol–water partition coefficient (Wildman–Crippen LogP) is 1.97. The number of amides is 1. The summed E-state index contributed by atoms with van der Waals surface area (Å²) < 4.78 is 26.8. The van der Waals surface area contributed by atoms with Crippen LogP contribution >= 0.6 is 0 Å². The molecule has 1 aliphatic rings. The van der Waals surface area contributed by atoms with Gasteiger partial charge < -0.3 is 10.6 Å². The van der Waals surface area contributed by atoms with Gasteiger partial charge in [0, 0.05) is 5.69 Å². The molecular weight excluding hydrogens is 314 g/mol. The van der Waals surface area contributed by atoms with Gasteiger partial charge in [0.25, 0.3) is 5.91 Å². The highest BCUT2D eigenvalue weighted by Gasteiger charge is 2.32. The number of carbonyl (C=O) groups excluding carboxylic acids is 1. The van der Waals surface area contributed by atoms with E-state index in [9.17, 15) is 13.2 Å². The van der Waals surface area contributed by atoms with Crippen LogP contribution in [-0.2, 0) is 14.8 Å². The Labute approximate surface area is 135 Å². The summed E-state index contributed by atoms with van der Waals surface area (Å²) in [5.74, 6) is -0.463. The minimum atomic E-state index is -3.72. The lowest BCUT2D eigenvalue weighted by atomic mass is 10.1. The second-order valence-electron chi connectivity index (χ2n) is 5.50. The number of anilines is 2. The van der Waals surface area contributed by atoms with Gasteiger partial charge in [-0.2, -0.15) is 4.72 Å². The lowest BCUT2D eigenvalue weighted by Gasteiger charge is -2.27. The summed E-state index contributed by atoms with van der Waals surface area (Å²) in [5, 5.41) is 5.65. The molecule has 23 heavy (non-hydrogen) atoms. The Morgan fingerprint density at radius 2 is 1.87 bits per heavy atom. The fraction of sp³-hybridized carbons (Fsp3) is 0.188. The summed E-state index contributed by atoms with van der Waals surface area (Å²) in [6.45, 7) is 3.85. The molecule has 1 amide bonds. The Hall–Kier alpha value is -2.38. The molecule has 2 aromatic rings. The Kier molecular flexibility index (Phi) is 3.83. The number of fused-ring (bicyclic) bond motifs is 1. The number of carbonyl (C=O) groups is 1. The van der Waals surface area contributed by atoms with E-state index in [0.29, 0.717) is 11.4 Å². The Morgan fingerprint density at radius 1 is 1.13 bits per heavy atom. The van der Waals surface area contributed by atoms with Crippen molar-refractivity contribution < 1.29 is 13.2 Å². The highest BCUT2D eigenvalue weighted by molar-refractivity contribution is 7.89. The third-order valence-electron chi connectivity index (χ3n) is 3.65. The number of nitrogens with one attached hydrogen (secondary N) is 3. The fourth-order valence-electron chi connectivity index (χ4n) is 2.50. The van der Waals surface area contributed by atoms with E-state index < -0.39 is 22.1 Å². The molecule has 0 fully saturated rings. The van der Waals surface area contributed by atoms with Gasteiger partial charge in [-0.1, -0.05) is 29.8 Å². The van der Waals surface area contributed by atoms with Crippen LogP contribution in [0.25, 0.3) is 0 Å². The summed E-state index contributed by atoms with van der Waals surface area (Å²) in [7, 11) is -3.72.